The smallest absolute Gasteiger partial charge is 0.404 e. The van der Waals surface area contributed by atoms with Crippen LogP contribution in [0.1, 0.15) is 5.56 Å². The van der Waals surface area contributed by atoms with Crippen LogP contribution in [-0.2, 0) is 11.2 Å². The second-order valence-electron chi connectivity index (χ2n) is 5.40. The number of carbonyl (C=O) groups is 1. The summed E-state index contributed by atoms with van der Waals surface area (Å²) in [6.07, 6.45) is -1.65. The average Bonchev–Trinajstić information content (AvgIpc) is 3.04. The fourth-order valence-corrected chi connectivity index (χ4v) is 2.34. The molecule has 0 saturated heterocycles. The summed E-state index contributed by atoms with van der Waals surface area (Å²) >= 11 is 0. The number of halogens is 3. The molecule has 8 heteroatoms. The second kappa shape index (κ2) is 7.30. The van der Waals surface area contributed by atoms with E-state index in [1.165, 1.54) is 24.4 Å². The largest absolute Gasteiger partial charge is 0.573 e. The molecule has 26 heavy (non-hydrogen) atoms. The van der Waals surface area contributed by atoms with Crippen LogP contribution in [-0.4, -0.2) is 22.1 Å². The molecule has 0 saturated carbocycles. The molecule has 0 aliphatic heterocycles. The van der Waals surface area contributed by atoms with Gasteiger partial charge >= 0.3 is 6.36 Å². The number of rotatable bonds is 5. The molecule has 134 valence electrons. The van der Waals surface area contributed by atoms with Crippen LogP contribution in [0.25, 0.3) is 5.69 Å². The van der Waals surface area contributed by atoms with Gasteiger partial charge < -0.3 is 10.1 Å². The molecule has 1 aromatic heterocycles. The lowest BCUT2D eigenvalue weighted by atomic mass is 10.2. The predicted molar refractivity (Wildman–Crippen MR) is 89.0 cm³/mol. The summed E-state index contributed by atoms with van der Waals surface area (Å²) in [7, 11) is 0. The third-order valence-electron chi connectivity index (χ3n) is 3.41. The van der Waals surface area contributed by atoms with Crippen LogP contribution in [0.5, 0.6) is 5.75 Å². The molecular formula is C18H14F3N3O2. The Morgan fingerprint density at radius 2 is 1.77 bits per heavy atom. The van der Waals surface area contributed by atoms with E-state index in [0.29, 0.717) is 5.56 Å². The highest BCUT2D eigenvalue weighted by molar-refractivity contribution is 5.93. The third kappa shape index (κ3) is 4.62. The Kier molecular flexibility index (Phi) is 4.92. The highest BCUT2D eigenvalue weighted by atomic mass is 19.4. The van der Waals surface area contributed by atoms with Crippen molar-refractivity contribution in [1.29, 1.82) is 0 Å². The molecule has 0 aliphatic carbocycles. The predicted octanol–water partition coefficient (Wildman–Crippen LogP) is 3.95. The molecule has 0 unspecified atom stereocenters. The van der Waals surface area contributed by atoms with Crippen molar-refractivity contribution in [1.82, 2.24) is 9.78 Å². The van der Waals surface area contributed by atoms with E-state index in [1.807, 2.05) is 30.3 Å². The maximum absolute atomic E-state index is 12.4. The van der Waals surface area contributed by atoms with Crippen LogP contribution >= 0.6 is 0 Å². The number of hydrogen-bond acceptors (Lipinski definition) is 3. The van der Waals surface area contributed by atoms with Gasteiger partial charge in [0, 0.05) is 6.20 Å². The molecule has 0 aliphatic rings. The summed E-state index contributed by atoms with van der Waals surface area (Å²) in [5, 5.41) is 6.61. The number of nitrogens with one attached hydrogen (secondary N) is 1. The van der Waals surface area contributed by atoms with Gasteiger partial charge in [-0.3, -0.25) is 4.79 Å². The Bertz CT molecular complexity index is 892. The topological polar surface area (TPSA) is 56.2 Å². The van der Waals surface area contributed by atoms with Crippen LogP contribution < -0.4 is 10.1 Å². The summed E-state index contributed by atoms with van der Waals surface area (Å²) < 4.78 is 42.8. The molecule has 1 heterocycles. The van der Waals surface area contributed by atoms with Crippen molar-refractivity contribution in [3.05, 3.63) is 72.6 Å². The van der Waals surface area contributed by atoms with Gasteiger partial charge in [-0.05, 0) is 29.8 Å². The van der Waals surface area contributed by atoms with E-state index in [2.05, 4.69) is 15.2 Å². The molecular weight excluding hydrogens is 347 g/mol. The van der Waals surface area contributed by atoms with Gasteiger partial charge in [0.05, 0.1) is 24.0 Å². The minimum Gasteiger partial charge on any atom is -0.404 e. The highest BCUT2D eigenvalue weighted by Gasteiger charge is 2.32. The fourth-order valence-electron chi connectivity index (χ4n) is 2.34. The highest BCUT2D eigenvalue weighted by Crippen LogP contribution is 2.29. The van der Waals surface area contributed by atoms with Gasteiger partial charge in [0.15, 0.2) is 5.75 Å². The van der Waals surface area contributed by atoms with Crippen LogP contribution in [0.3, 0.4) is 0 Å². The molecule has 1 amide bonds. The lowest BCUT2D eigenvalue weighted by Gasteiger charge is -2.13. The van der Waals surface area contributed by atoms with E-state index in [4.69, 9.17) is 0 Å². The zero-order valence-electron chi connectivity index (χ0n) is 13.4. The van der Waals surface area contributed by atoms with Gasteiger partial charge in [0.1, 0.15) is 0 Å². The van der Waals surface area contributed by atoms with Gasteiger partial charge in [-0.2, -0.15) is 5.10 Å². The Hall–Kier alpha value is -3.29. The van der Waals surface area contributed by atoms with Crippen LogP contribution in [0.4, 0.5) is 18.9 Å². The maximum atomic E-state index is 12.4. The van der Waals surface area contributed by atoms with Crippen molar-refractivity contribution in [2.24, 2.45) is 0 Å². The van der Waals surface area contributed by atoms with Gasteiger partial charge in [0.2, 0.25) is 5.91 Å². The number of anilines is 1. The molecule has 3 rings (SSSR count). The molecule has 0 atom stereocenters. The molecule has 5 nitrogen and oxygen atoms in total. The first-order chi connectivity index (χ1) is 12.4. The molecule has 0 bridgehead atoms. The van der Waals surface area contributed by atoms with Gasteiger partial charge in [-0.25, -0.2) is 4.68 Å². The number of benzene rings is 2. The Morgan fingerprint density at radius 1 is 1.08 bits per heavy atom. The zero-order valence-corrected chi connectivity index (χ0v) is 13.4. The van der Waals surface area contributed by atoms with E-state index in [9.17, 15) is 18.0 Å². The summed E-state index contributed by atoms with van der Waals surface area (Å²) in [4.78, 5) is 12.2. The minimum absolute atomic E-state index is 0.0345. The zero-order chi connectivity index (χ0) is 18.6. The first kappa shape index (κ1) is 17.5. The SMILES string of the molecule is O=C(Cc1cnn(-c2ccccc2)c1)Nc1ccccc1OC(F)(F)F. The van der Waals surface area contributed by atoms with Crippen molar-refractivity contribution in [2.45, 2.75) is 12.8 Å². The van der Waals surface area contributed by atoms with Crippen molar-refractivity contribution >= 4 is 11.6 Å². The first-order valence-corrected chi connectivity index (χ1v) is 7.64. The van der Waals surface area contributed by atoms with Crippen molar-refractivity contribution in [3.8, 4) is 11.4 Å². The molecule has 3 aromatic rings. The molecule has 1 N–H and O–H groups in total. The van der Waals surface area contributed by atoms with E-state index < -0.39 is 18.0 Å². The molecule has 0 spiro atoms. The average molecular weight is 361 g/mol. The number of ether oxygens (including phenoxy) is 1. The van der Waals surface area contributed by atoms with Gasteiger partial charge in [-0.1, -0.05) is 30.3 Å². The lowest BCUT2D eigenvalue weighted by molar-refractivity contribution is -0.274. The lowest BCUT2D eigenvalue weighted by Crippen LogP contribution is -2.20. The Labute approximate surface area is 147 Å². The minimum atomic E-state index is -4.84. The maximum Gasteiger partial charge on any atom is 0.573 e. The quantitative estimate of drug-likeness (QED) is 0.749. The number of carbonyl (C=O) groups excluding carboxylic acids is 1. The van der Waals surface area contributed by atoms with E-state index in [0.717, 1.165) is 11.8 Å². The van der Waals surface area contributed by atoms with Crippen LogP contribution in [0, 0.1) is 0 Å². The number of nitrogens with zero attached hydrogens (tertiary/aromatic N) is 2. The number of hydrogen-bond donors (Lipinski definition) is 1. The third-order valence-corrected chi connectivity index (χ3v) is 3.41. The van der Waals surface area contributed by atoms with E-state index in [-0.39, 0.29) is 12.1 Å². The van der Waals surface area contributed by atoms with Crippen molar-refractivity contribution in [2.75, 3.05) is 5.32 Å². The molecule has 0 fully saturated rings. The van der Waals surface area contributed by atoms with Gasteiger partial charge in [0.25, 0.3) is 0 Å². The summed E-state index contributed by atoms with van der Waals surface area (Å²) in [6.45, 7) is 0. The van der Waals surface area contributed by atoms with Gasteiger partial charge in [-0.15, -0.1) is 13.2 Å². The standard InChI is InChI=1S/C18H14F3N3O2/c19-18(20,21)26-16-9-5-4-8-15(16)23-17(25)10-13-11-22-24(12-13)14-6-2-1-3-7-14/h1-9,11-12H,10H2,(H,23,25). The monoisotopic (exact) mass is 361 g/mol. The first-order valence-electron chi connectivity index (χ1n) is 7.64. The Morgan fingerprint density at radius 3 is 2.50 bits per heavy atom. The summed E-state index contributed by atoms with van der Waals surface area (Å²) in [5.74, 6) is -0.941. The summed E-state index contributed by atoms with van der Waals surface area (Å²) in [5.41, 5.74) is 1.41. The van der Waals surface area contributed by atoms with E-state index >= 15 is 0 Å². The number of alkyl halides is 3. The number of aromatic nitrogens is 2. The number of amides is 1. The Balaban J connectivity index is 1.68. The second-order valence-corrected chi connectivity index (χ2v) is 5.40. The van der Waals surface area contributed by atoms with Crippen LogP contribution in [0.15, 0.2) is 67.0 Å². The fraction of sp³-hybridized carbons (Fsp3) is 0.111. The van der Waals surface area contributed by atoms with Crippen molar-refractivity contribution in [3.63, 3.8) is 0 Å². The molecule has 0 radical (unpaired) electrons. The number of para-hydroxylation sites is 3. The normalized spacial score (nSPS) is 11.2. The summed E-state index contributed by atoms with van der Waals surface area (Å²) in [6, 6.07) is 14.7. The van der Waals surface area contributed by atoms with E-state index in [1.54, 1.807) is 10.9 Å². The van der Waals surface area contributed by atoms with Crippen LogP contribution in [0.2, 0.25) is 0 Å². The van der Waals surface area contributed by atoms with Crippen molar-refractivity contribution < 1.29 is 22.7 Å². The molecule has 2 aromatic carbocycles.